The molecule has 2 aromatic rings. The number of aryl methyl sites for hydroxylation is 1. The molecule has 0 saturated heterocycles. The normalized spacial score (nSPS) is 15.2. The Kier molecular flexibility index (Phi) is 5.40. The molecule has 6 heteroatoms. The van der Waals surface area contributed by atoms with E-state index in [9.17, 15) is 9.59 Å². The second-order valence-electron chi connectivity index (χ2n) is 6.59. The Bertz CT molecular complexity index is 994. The van der Waals surface area contributed by atoms with Gasteiger partial charge in [0.2, 0.25) is 0 Å². The van der Waals surface area contributed by atoms with Crippen LogP contribution in [0.1, 0.15) is 30.8 Å². The highest BCUT2D eigenvalue weighted by Gasteiger charge is 2.31. The number of methoxy groups -OCH3 is 1. The molecule has 28 heavy (non-hydrogen) atoms. The van der Waals surface area contributed by atoms with Crippen LogP contribution < -0.4 is 10.1 Å². The summed E-state index contributed by atoms with van der Waals surface area (Å²) in [5, 5.41) is 2.69. The van der Waals surface area contributed by atoms with Crippen molar-refractivity contribution in [2.24, 2.45) is 0 Å². The molecule has 1 aromatic carbocycles. The molecule has 0 radical (unpaired) electrons. The van der Waals surface area contributed by atoms with Crippen molar-refractivity contribution in [1.29, 1.82) is 0 Å². The molecule has 0 bridgehead atoms. The van der Waals surface area contributed by atoms with Gasteiger partial charge < -0.3 is 19.4 Å². The van der Waals surface area contributed by atoms with Crippen molar-refractivity contribution in [3.8, 4) is 11.4 Å². The number of carbonyl (C=O) groups is 2. The first-order valence-corrected chi connectivity index (χ1v) is 9.12. The minimum atomic E-state index is -0.526. The highest BCUT2D eigenvalue weighted by atomic mass is 16.5. The molecule has 0 spiro atoms. The van der Waals surface area contributed by atoms with Crippen molar-refractivity contribution < 1.29 is 19.1 Å². The van der Waals surface area contributed by atoms with E-state index in [-0.39, 0.29) is 11.5 Å². The number of benzene rings is 1. The molecule has 1 aromatic heterocycles. The summed E-state index contributed by atoms with van der Waals surface area (Å²) in [7, 11) is 1.31. The number of nitrogens with zero attached hydrogens (tertiary/aromatic N) is 1. The number of hydrogen-bond donors (Lipinski definition) is 1. The van der Waals surface area contributed by atoms with Crippen molar-refractivity contribution >= 4 is 18.0 Å². The zero-order valence-electron chi connectivity index (χ0n) is 16.8. The van der Waals surface area contributed by atoms with Crippen LogP contribution in [0.2, 0.25) is 0 Å². The van der Waals surface area contributed by atoms with Gasteiger partial charge in [-0.25, -0.2) is 4.79 Å². The first-order chi connectivity index (χ1) is 13.4. The number of nitrogens with one attached hydrogen (secondary N) is 1. The van der Waals surface area contributed by atoms with Gasteiger partial charge in [0.1, 0.15) is 5.75 Å². The monoisotopic (exact) mass is 380 g/mol. The number of esters is 1. The zero-order valence-corrected chi connectivity index (χ0v) is 16.8. The van der Waals surface area contributed by atoms with Crippen LogP contribution >= 0.6 is 0 Å². The van der Waals surface area contributed by atoms with Crippen LogP contribution in [0.3, 0.4) is 0 Å². The molecule has 0 unspecified atom stereocenters. The van der Waals surface area contributed by atoms with E-state index in [2.05, 4.69) is 9.88 Å². The molecule has 1 aliphatic rings. The van der Waals surface area contributed by atoms with Gasteiger partial charge in [0.15, 0.2) is 0 Å². The molecule has 0 aliphatic carbocycles. The minimum absolute atomic E-state index is 0.276. The summed E-state index contributed by atoms with van der Waals surface area (Å²) in [6.45, 7) is 8.25. The average Bonchev–Trinajstić information content (AvgIpc) is 3.10. The number of hydrogen-bond acceptors (Lipinski definition) is 4. The van der Waals surface area contributed by atoms with Gasteiger partial charge in [0, 0.05) is 22.8 Å². The predicted octanol–water partition coefficient (Wildman–Crippen LogP) is 3.45. The van der Waals surface area contributed by atoms with Crippen molar-refractivity contribution in [3.05, 3.63) is 64.1 Å². The van der Waals surface area contributed by atoms with Crippen molar-refractivity contribution in [3.63, 3.8) is 0 Å². The number of amides is 1. The lowest BCUT2D eigenvalue weighted by atomic mass is 10.0. The summed E-state index contributed by atoms with van der Waals surface area (Å²) in [5.41, 5.74) is 4.95. The molecule has 146 valence electrons. The third-order valence-electron chi connectivity index (χ3n) is 4.76. The molecule has 2 heterocycles. The van der Waals surface area contributed by atoms with Gasteiger partial charge in [-0.1, -0.05) is 0 Å². The van der Waals surface area contributed by atoms with Gasteiger partial charge in [0.25, 0.3) is 5.91 Å². The Labute approximate surface area is 164 Å². The largest absolute Gasteiger partial charge is 0.494 e. The summed E-state index contributed by atoms with van der Waals surface area (Å²) in [6.07, 6.45) is 1.74. The summed E-state index contributed by atoms with van der Waals surface area (Å²) in [4.78, 5) is 24.4. The maximum absolute atomic E-state index is 12.3. The molecule has 0 fully saturated rings. The Morgan fingerprint density at radius 3 is 2.46 bits per heavy atom. The van der Waals surface area contributed by atoms with Gasteiger partial charge in [-0.15, -0.1) is 0 Å². The van der Waals surface area contributed by atoms with E-state index in [0.29, 0.717) is 17.9 Å². The van der Waals surface area contributed by atoms with Crippen molar-refractivity contribution in [2.75, 3.05) is 13.7 Å². The number of aromatic nitrogens is 1. The standard InChI is InChI=1S/C22H24N2O4/c1-6-28-18-9-7-17(8-10-18)24-13(2)11-16(15(24)4)12-19-20(22(26)27-5)14(3)23-21(19)25/h7-12H,6H2,1-5H3,(H,23,25). The summed E-state index contributed by atoms with van der Waals surface area (Å²) in [5.74, 6) is -0.00629. The highest BCUT2D eigenvalue weighted by Crippen LogP contribution is 2.28. The SMILES string of the molecule is CCOc1ccc(-n2c(C)cc(C=C3C(=O)NC(C)=C3C(=O)OC)c2C)cc1. The van der Waals surface area contributed by atoms with Crippen LogP contribution in [0, 0.1) is 13.8 Å². The van der Waals surface area contributed by atoms with Gasteiger partial charge in [-0.3, -0.25) is 4.79 Å². The fourth-order valence-corrected chi connectivity index (χ4v) is 3.46. The van der Waals surface area contributed by atoms with Crippen LogP contribution in [0.5, 0.6) is 5.75 Å². The van der Waals surface area contributed by atoms with E-state index in [1.54, 1.807) is 13.0 Å². The molecule has 1 amide bonds. The molecule has 1 aliphatic heterocycles. The molecule has 3 rings (SSSR count). The summed E-state index contributed by atoms with van der Waals surface area (Å²) < 4.78 is 12.4. The first kappa shape index (κ1) is 19.5. The summed E-state index contributed by atoms with van der Waals surface area (Å²) >= 11 is 0. The lowest BCUT2D eigenvalue weighted by molar-refractivity contribution is -0.136. The highest BCUT2D eigenvalue weighted by molar-refractivity contribution is 6.16. The maximum atomic E-state index is 12.3. The van der Waals surface area contributed by atoms with Gasteiger partial charge >= 0.3 is 5.97 Å². The lowest BCUT2D eigenvalue weighted by Crippen LogP contribution is -2.15. The lowest BCUT2D eigenvalue weighted by Gasteiger charge is -2.11. The molecular formula is C22H24N2O4. The van der Waals surface area contributed by atoms with E-state index in [0.717, 1.165) is 28.4 Å². The van der Waals surface area contributed by atoms with Gasteiger partial charge in [-0.2, -0.15) is 0 Å². The first-order valence-electron chi connectivity index (χ1n) is 9.12. The fraction of sp³-hybridized carbons (Fsp3) is 0.273. The van der Waals surface area contributed by atoms with E-state index in [1.165, 1.54) is 7.11 Å². The smallest absolute Gasteiger partial charge is 0.340 e. The maximum Gasteiger partial charge on any atom is 0.340 e. The van der Waals surface area contributed by atoms with Crippen molar-refractivity contribution in [1.82, 2.24) is 9.88 Å². The van der Waals surface area contributed by atoms with E-state index in [4.69, 9.17) is 9.47 Å². The quantitative estimate of drug-likeness (QED) is 0.637. The predicted molar refractivity (Wildman–Crippen MR) is 107 cm³/mol. The van der Waals surface area contributed by atoms with Crippen LogP contribution in [-0.4, -0.2) is 30.2 Å². The number of carbonyl (C=O) groups excluding carboxylic acids is 2. The minimum Gasteiger partial charge on any atom is -0.494 e. The molecular weight excluding hydrogens is 356 g/mol. The van der Waals surface area contributed by atoms with Gasteiger partial charge in [-0.05, 0) is 69.7 Å². The topological polar surface area (TPSA) is 69.6 Å². The Balaban J connectivity index is 2.03. The van der Waals surface area contributed by atoms with Crippen molar-refractivity contribution in [2.45, 2.75) is 27.7 Å². The molecule has 0 saturated carbocycles. The Hall–Kier alpha value is -3.28. The van der Waals surface area contributed by atoms with Crippen LogP contribution in [0.25, 0.3) is 11.8 Å². The molecule has 0 atom stereocenters. The second kappa shape index (κ2) is 7.76. The molecule has 1 N–H and O–H groups in total. The number of allylic oxidation sites excluding steroid dienone is 1. The van der Waals surface area contributed by atoms with E-state index < -0.39 is 5.97 Å². The Morgan fingerprint density at radius 1 is 1.18 bits per heavy atom. The zero-order chi connectivity index (χ0) is 20.4. The van der Waals surface area contributed by atoms with E-state index >= 15 is 0 Å². The van der Waals surface area contributed by atoms with Crippen LogP contribution in [0.15, 0.2) is 47.2 Å². The number of ether oxygens (including phenoxy) is 2. The van der Waals surface area contributed by atoms with Crippen LogP contribution in [0.4, 0.5) is 0 Å². The second-order valence-corrected chi connectivity index (χ2v) is 6.59. The molecule has 6 nitrogen and oxygen atoms in total. The fourth-order valence-electron chi connectivity index (χ4n) is 3.46. The third kappa shape index (κ3) is 3.45. The average molecular weight is 380 g/mol. The third-order valence-corrected chi connectivity index (χ3v) is 4.76. The van der Waals surface area contributed by atoms with E-state index in [1.807, 2.05) is 51.1 Å². The Morgan fingerprint density at radius 2 is 1.86 bits per heavy atom. The number of rotatable bonds is 5. The summed E-state index contributed by atoms with van der Waals surface area (Å²) in [6, 6.07) is 9.85. The van der Waals surface area contributed by atoms with Gasteiger partial charge in [0.05, 0.1) is 24.9 Å². The van der Waals surface area contributed by atoms with Crippen LogP contribution in [-0.2, 0) is 14.3 Å².